The summed E-state index contributed by atoms with van der Waals surface area (Å²) >= 11 is 1.38. The maximum Gasteiger partial charge on any atom is 0.302 e. The summed E-state index contributed by atoms with van der Waals surface area (Å²) in [5.41, 5.74) is 0.941. The van der Waals surface area contributed by atoms with E-state index in [9.17, 15) is 8.42 Å². The van der Waals surface area contributed by atoms with Crippen molar-refractivity contribution in [3.05, 3.63) is 10.6 Å². The summed E-state index contributed by atoms with van der Waals surface area (Å²) in [4.78, 5) is 5.30. The Labute approximate surface area is 92.5 Å². The molecule has 1 aliphatic heterocycles. The fraction of sp³-hybridized carbons (Fsp3) is 0.571. The summed E-state index contributed by atoms with van der Waals surface area (Å²) < 4.78 is 26.5. The number of hydrogen-bond acceptors (Lipinski definition) is 5. The molecule has 0 unspecified atom stereocenters. The third kappa shape index (κ3) is 2.12. The molecule has 0 amide bonds. The first-order chi connectivity index (χ1) is 6.99. The third-order valence-corrected chi connectivity index (χ3v) is 4.61. The standard InChI is InChI=1S/C7H12N4O2S2/c1-11(2)15(12,13)10-7-9-5-3-8-4-6(5)14-7/h8H,3-4H2,1-2H3,(H,9,10). The fourth-order valence-corrected chi connectivity index (χ4v) is 2.93. The Morgan fingerprint density at radius 3 is 2.80 bits per heavy atom. The SMILES string of the molecule is CN(C)S(=O)(=O)Nc1nc2c(s1)CNC2. The van der Waals surface area contributed by atoms with E-state index in [2.05, 4.69) is 15.0 Å². The van der Waals surface area contributed by atoms with Gasteiger partial charge in [0, 0.05) is 32.1 Å². The molecule has 0 fully saturated rings. The van der Waals surface area contributed by atoms with E-state index in [-0.39, 0.29) is 0 Å². The molecule has 6 nitrogen and oxygen atoms in total. The normalized spacial score (nSPS) is 15.7. The second-order valence-corrected chi connectivity index (χ2v) is 6.35. The Hall–Kier alpha value is -0.700. The number of aromatic nitrogens is 1. The molecule has 0 aliphatic carbocycles. The Morgan fingerprint density at radius 1 is 1.47 bits per heavy atom. The van der Waals surface area contributed by atoms with E-state index in [1.165, 1.54) is 25.4 Å². The van der Waals surface area contributed by atoms with Gasteiger partial charge in [-0.15, -0.1) is 0 Å². The van der Waals surface area contributed by atoms with Crippen LogP contribution in [0, 0.1) is 0 Å². The number of fused-ring (bicyclic) bond motifs is 1. The monoisotopic (exact) mass is 248 g/mol. The molecule has 0 saturated carbocycles. The summed E-state index contributed by atoms with van der Waals surface area (Å²) in [5, 5.41) is 3.58. The molecule has 2 heterocycles. The van der Waals surface area contributed by atoms with Gasteiger partial charge in [0.05, 0.1) is 5.69 Å². The summed E-state index contributed by atoms with van der Waals surface area (Å²) in [5.74, 6) is 0. The van der Waals surface area contributed by atoms with Gasteiger partial charge in [-0.2, -0.15) is 12.7 Å². The summed E-state index contributed by atoms with van der Waals surface area (Å²) in [6.07, 6.45) is 0. The van der Waals surface area contributed by atoms with Gasteiger partial charge in [0.25, 0.3) is 0 Å². The fourth-order valence-electron chi connectivity index (χ4n) is 1.20. The molecule has 1 aromatic rings. The Bertz CT molecular complexity index is 444. The highest BCUT2D eigenvalue weighted by atomic mass is 32.2. The lowest BCUT2D eigenvalue weighted by molar-refractivity contribution is 0.527. The first kappa shape index (κ1) is 10.8. The zero-order chi connectivity index (χ0) is 11.1. The van der Waals surface area contributed by atoms with Crippen LogP contribution in [0.25, 0.3) is 0 Å². The number of nitrogens with zero attached hydrogens (tertiary/aromatic N) is 2. The molecule has 0 bridgehead atoms. The predicted molar refractivity (Wildman–Crippen MR) is 58.9 cm³/mol. The first-order valence-corrected chi connectivity index (χ1v) is 6.64. The van der Waals surface area contributed by atoms with Crippen LogP contribution in [0.5, 0.6) is 0 Å². The molecule has 0 spiro atoms. The van der Waals surface area contributed by atoms with Gasteiger partial charge in [0.1, 0.15) is 0 Å². The third-order valence-electron chi connectivity index (χ3n) is 2.05. The topological polar surface area (TPSA) is 74.3 Å². The van der Waals surface area contributed by atoms with E-state index in [1.807, 2.05) is 0 Å². The van der Waals surface area contributed by atoms with E-state index in [0.717, 1.165) is 28.0 Å². The summed E-state index contributed by atoms with van der Waals surface area (Å²) in [6.45, 7) is 1.49. The molecule has 0 aromatic carbocycles. The second kappa shape index (κ2) is 3.71. The molecule has 1 aromatic heterocycles. The minimum Gasteiger partial charge on any atom is -0.306 e. The van der Waals surface area contributed by atoms with Crippen LogP contribution in [-0.4, -0.2) is 31.8 Å². The van der Waals surface area contributed by atoms with Crippen LogP contribution < -0.4 is 10.0 Å². The van der Waals surface area contributed by atoms with Crippen molar-refractivity contribution in [2.24, 2.45) is 0 Å². The van der Waals surface area contributed by atoms with Gasteiger partial charge in [-0.3, -0.25) is 0 Å². The molecule has 15 heavy (non-hydrogen) atoms. The van der Waals surface area contributed by atoms with E-state index in [1.54, 1.807) is 0 Å². The molecule has 2 N–H and O–H groups in total. The van der Waals surface area contributed by atoms with E-state index in [0.29, 0.717) is 5.13 Å². The molecular formula is C7H12N4O2S2. The lowest BCUT2D eigenvalue weighted by Crippen LogP contribution is -2.28. The van der Waals surface area contributed by atoms with Crippen LogP contribution in [0.15, 0.2) is 0 Å². The van der Waals surface area contributed by atoms with Gasteiger partial charge in [-0.1, -0.05) is 11.3 Å². The highest BCUT2D eigenvalue weighted by Crippen LogP contribution is 2.27. The van der Waals surface area contributed by atoms with Gasteiger partial charge in [-0.05, 0) is 0 Å². The minimum atomic E-state index is -3.43. The highest BCUT2D eigenvalue weighted by Gasteiger charge is 2.20. The predicted octanol–water partition coefficient (Wildman–Crippen LogP) is -0.0354. The Kier molecular flexibility index (Phi) is 2.67. The van der Waals surface area contributed by atoms with Crippen molar-refractivity contribution in [3.8, 4) is 0 Å². The van der Waals surface area contributed by atoms with Crippen LogP contribution in [0.2, 0.25) is 0 Å². The van der Waals surface area contributed by atoms with Crippen molar-refractivity contribution in [2.75, 3.05) is 18.8 Å². The van der Waals surface area contributed by atoms with Crippen molar-refractivity contribution in [2.45, 2.75) is 13.1 Å². The molecule has 2 rings (SSSR count). The molecular weight excluding hydrogens is 236 g/mol. The van der Waals surface area contributed by atoms with Crippen molar-refractivity contribution >= 4 is 26.7 Å². The van der Waals surface area contributed by atoms with Gasteiger partial charge in [0.15, 0.2) is 5.13 Å². The average Bonchev–Trinajstić information content (AvgIpc) is 2.62. The van der Waals surface area contributed by atoms with Crippen molar-refractivity contribution < 1.29 is 8.42 Å². The average molecular weight is 248 g/mol. The molecule has 0 radical (unpaired) electrons. The number of rotatable bonds is 3. The second-order valence-electron chi connectivity index (χ2n) is 3.38. The van der Waals surface area contributed by atoms with Crippen LogP contribution in [-0.2, 0) is 23.3 Å². The van der Waals surface area contributed by atoms with Crippen LogP contribution in [0.1, 0.15) is 10.6 Å². The number of anilines is 1. The number of thiazole rings is 1. The van der Waals surface area contributed by atoms with Crippen molar-refractivity contribution in [1.29, 1.82) is 0 Å². The van der Waals surface area contributed by atoms with E-state index < -0.39 is 10.2 Å². The van der Waals surface area contributed by atoms with Crippen LogP contribution >= 0.6 is 11.3 Å². The number of hydrogen-bond donors (Lipinski definition) is 2. The quantitative estimate of drug-likeness (QED) is 0.787. The van der Waals surface area contributed by atoms with Gasteiger partial charge in [0.2, 0.25) is 0 Å². The van der Waals surface area contributed by atoms with Crippen molar-refractivity contribution in [1.82, 2.24) is 14.6 Å². The largest absolute Gasteiger partial charge is 0.306 e. The van der Waals surface area contributed by atoms with Gasteiger partial charge < -0.3 is 5.32 Å². The minimum absolute atomic E-state index is 0.440. The van der Waals surface area contributed by atoms with Gasteiger partial charge in [-0.25, -0.2) is 9.71 Å². The number of nitrogens with one attached hydrogen (secondary N) is 2. The Morgan fingerprint density at radius 2 is 2.20 bits per heavy atom. The first-order valence-electron chi connectivity index (χ1n) is 4.38. The molecule has 0 atom stereocenters. The summed E-state index contributed by atoms with van der Waals surface area (Å²) in [6, 6.07) is 0. The summed E-state index contributed by atoms with van der Waals surface area (Å²) in [7, 11) is -0.473. The molecule has 84 valence electrons. The highest BCUT2D eigenvalue weighted by molar-refractivity contribution is 7.90. The molecule has 0 saturated heterocycles. The Balaban J connectivity index is 2.19. The van der Waals surface area contributed by atoms with E-state index in [4.69, 9.17) is 0 Å². The van der Waals surface area contributed by atoms with Gasteiger partial charge >= 0.3 is 10.2 Å². The smallest absolute Gasteiger partial charge is 0.302 e. The van der Waals surface area contributed by atoms with Crippen LogP contribution in [0.4, 0.5) is 5.13 Å². The lowest BCUT2D eigenvalue weighted by Gasteiger charge is -2.10. The van der Waals surface area contributed by atoms with E-state index >= 15 is 0 Å². The molecule has 8 heteroatoms. The van der Waals surface area contributed by atoms with Crippen molar-refractivity contribution in [3.63, 3.8) is 0 Å². The lowest BCUT2D eigenvalue weighted by atomic mass is 10.4. The maximum atomic E-state index is 11.5. The maximum absolute atomic E-state index is 11.5. The zero-order valence-electron chi connectivity index (χ0n) is 8.44. The van der Waals surface area contributed by atoms with Crippen LogP contribution in [0.3, 0.4) is 0 Å². The molecule has 1 aliphatic rings. The zero-order valence-corrected chi connectivity index (χ0v) is 10.1.